The quantitative estimate of drug-likeness (QED) is 0.782. The first-order valence-electron chi connectivity index (χ1n) is 8.76. The van der Waals surface area contributed by atoms with E-state index in [0.717, 1.165) is 22.9 Å². The highest BCUT2D eigenvalue weighted by Gasteiger charge is 2.26. The molecule has 1 aliphatic rings. The molecule has 1 saturated heterocycles. The maximum absolute atomic E-state index is 12.8. The van der Waals surface area contributed by atoms with Gasteiger partial charge in [-0.1, -0.05) is 0 Å². The van der Waals surface area contributed by atoms with Crippen molar-refractivity contribution in [1.29, 1.82) is 0 Å². The van der Waals surface area contributed by atoms with Crippen molar-refractivity contribution in [2.75, 3.05) is 27.2 Å². The number of nitrogens with zero attached hydrogens (tertiary/aromatic N) is 3. The summed E-state index contributed by atoms with van der Waals surface area (Å²) >= 11 is 0. The van der Waals surface area contributed by atoms with Gasteiger partial charge in [0, 0.05) is 38.6 Å². The molecular weight excluding hydrogens is 366 g/mol. The first-order chi connectivity index (χ1) is 12.9. The van der Waals surface area contributed by atoms with Gasteiger partial charge in [0.2, 0.25) is 10.0 Å². The predicted molar refractivity (Wildman–Crippen MR) is 101 cm³/mol. The van der Waals surface area contributed by atoms with Gasteiger partial charge in [0.05, 0.1) is 11.4 Å². The number of sulfonamides is 1. The standard InChI is InChI=1S/C19H23N3O4S/c1-21(2)27(24,25)18-7-5-15(6-8-18)19(23)22-13-3-4-17(14-22)26-16-9-11-20-12-10-16/h5-12,17H,3-4,13-14H2,1-2H3. The first-order valence-corrected chi connectivity index (χ1v) is 10.2. The number of pyridine rings is 1. The molecule has 0 saturated carbocycles. The Kier molecular flexibility index (Phi) is 5.76. The van der Waals surface area contributed by atoms with Crippen molar-refractivity contribution in [1.82, 2.24) is 14.2 Å². The number of carbonyl (C=O) groups is 1. The Morgan fingerprint density at radius 1 is 1.15 bits per heavy atom. The van der Waals surface area contributed by atoms with Crippen molar-refractivity contribution < 1.29 is 17.9 Å². The van der Waals surface area contributed by atoms with Crippen LogP contribution in [0.3, 0.4) is 0 Å². The highest BCUT2D eigenvalue weighted by atomic mass is 32.2. The molecule has 0 bridgehead atoms. The summed E-state index contributed by atoms with van der Waals surface area (Å²) in [7, 11) is -0.550. The van der Waals surface area contributed by atoms with Crippen molar-refractivity contribution in [3.8, 4) is 5.75 Å². The molecule has 1 aromatic heterocycles. The van der Waals surface area contributed by atoms with E-state index in [4.69, 9.17) is 4.74 Å². The van der Waals surface area contributed by atoms with Gasteiger partial charge < -0.3 is 9.64 Å². The summed E-state index contributed by atoms with van der Waals surface area (Å²) in [6.45, 7) is 1.16. The van der Waals surface area contributed by atoms with Crippen molar-refractivity contribution in [2.45, 2.75) is 23.8 Å². The number of hydrogen-bond donors (Lipinski definition) is 0. The summed E-state index contributed by atoms with van der Waals surface area (Å²) in [4.78, 5) is 18.7. The Labute approximate surface area is 159 Å². The minimum atomic E-state index is -3.50. The molecule has 1 atom stereocenters. The van der Waals surface area contributed by atoms with Crippen LogP contribution < -0.4 is 4.74 Å². The molecule has 0 radical (unpaired) electrons. The number of rotatable bonds is 5. The third-order valence-electron chi connectivity index (χ3n) is 4.50. The first kappa shape index (κ1) is 19.3. The van der Waals surface area contributed by atoms with E-state index in [1.54, 1.807) is 41.6 Å². The van der Waals surface area contributed by atoms with E-state index in [-0.39, 0.29) is 16.9 Å². The van der Waals surface area contributed by atoms with Crippen LogP contribution in [0, 0.1) is 0 Å². The van der Waals surface area contributed by atoms with E-state index in [0.29, 0.717) is 18.7 Å². The summed E-state index contributed by atoms with van der Waals surface area (Å²) in [5.74, 6) is 0.620. The van der Waals surface area contributed by atoms with Crippen LogP contribution in [0.4, 0.5) is 0 Å². The summed E-state index contributed by atoms with van der Waals surface area (Å²) in [6.07, 6.45) is 5.01. The Morgan fingerprint density at radius 3 is 2.44 bits per heavy atom. The smallest absolute Gasteiger partial charge is 0.253 e. The molecule has 0 spiro atoms. The molecule has 27 heavy (non-hydrogen) atoms. The predicted octanol–water partition coefficient (Wildman–Crippen LogP) is 2.02. The molecule has 0 aliphatic carbocycles. The fourth-order valence-corrected chi connectivity index (χ4v) is 3.89. The lowest BCUT2D eigenvalue weighted by Gasteiger charge is -2.33. The fourth-order valence-electron chi connectivity index (χ4n) is 2.99. The summed E-state index contributed by atoms with van der Waals surface area (Å²) in [6, 6.07) is 9.66. The molecule has 0 N–H and O–H groups in total. The topological polar surface area (TPSA) is 79.8 Å². The van der Waals surface area contributed by atoms with Crippen LogP contribution in [0.15, 0.2) is 53.7 Å². The van der Waals surface area contributed by atoms with E-state index in [2.05, 4.69) is 4.98 Å². The highest BCUT2D eigenvalue weighted by Crippen LogP contribution is 2.20. The van der Waals surface area contributed by atoms with Crippen LogP contribution in [0.2, 0.25) is 0 Å². The number of amides is 1. The molecule has 7 nitrogen and oxygen atoms in total. The van der Waals surface area contributed by atoms with E-state index >= 15 is 0 Å². The average molecular weight is 389 g/mol. The Bertz CT molecular complexity index is 883. The van der Waals surface area contributed by atoms with E-state index in [1.807, 2.05) is 0 Å². The second-order valence-electron chi connectivity index (χ2n) is 6.63. The van der Waals surface area contributed by atoms with E-state index < -0.39 is 10.0 Å². The minimum Gasteiger partial charge on any atom is -0.488 e. The molecule has 2 heterocycles. The van der Waals surface area contributed by atoms with Crippen LogP contribution in [0.1, 0.15) is 23.2 Å². The number of likely N-dealkylation sites (tertiary alicyclic amines) is 1. The van der Waals surface area contributed by atoms with Crippen LogP contribution in [-0.2, 0) is 10.0 Å². The van der Waals surface area contributed by atoms with Gasteiger partial charge in [-0.3, -0.25) is 9.78 Å². The molecule has 1 aliphatic heterocycles. The lowest BCUT2D eigenvalue weighted by Crippen LogP contribution is -2.44. The zero-order valence-corrected chi connectivity index (χ0v) is 16.2. The van der Waals surface area contributed by atoms with E-state index in [1.165, 1.54) is 26.2 Å². The van der Waals surface area contributed by atoms with Gasteiger partial charge >= 0.3 is 0 Å². The third-order valence-corrected chi connectivity index (χ3v) is 6.33. The SMILES string of the molecule is CN(C)S(=O)(=O)c1ccc(C(=O)N2CCCC(Oc3ccncc3)C2)cc1. The van der Waals surface area contributed by atoms with Crippen molar-refractivity contribution >= 4 is 15.9 Å². The van der Waals surface area contributed by atoms with Gasteiger partial charge in [0.1, 0.15) is 11.9 Å². The fraction of sp³-hybridized carbons (Fsp3) is 0.368. The Morgan fingerprint density at radius 2 is 1.81 bits per heavy atom. The van der Waals surface area contributed by atoms with Gasteiger partial charge in [0.15, 0.2) is 0 Å². The maximum Gasteiger partial charge on any atom is 0.253 e. The molecule has 1 fully saturated rings. The van der Waals surface area contributed by atoms with Gasteiger partial charge in [-0.05, 0) is 49.2 Å². The highest BCUT2D eigenvalue weighted by molar-refractivity contribution is 7.89. The summed E-state index contributed by atoms with van der Waals surface area (Å²) in [5.41, 5.74) is 0.470. The average Bonchev–Trinajstić information content (AvgIpc) is 2.68. The molecule has 3 rings (SSSR count). The van der Waals surface area contributed by atoms with Crippen LogP contribution in [-0.4, -0.2) is 61.8 Å². The van der Waals surface area contributed by atoms with Crippen LogP contribution in [0.25, 0.3) is 0 Å². The Balaban J connectivity index is 1.68. The minimum absolute atomic E-state index is 0.0708. The molecule has 1 amide bonds. The van der Waals surface area contributed by atoms with Gasteiger partial charge in [-0.15, -0.1) is 0 Å². The zero-order chi connectivity index (χ0) is 19.4. The monoisotopic (exact) mass is 389 g/mol. The van der Waals surface area contributed by atoms with Crippen LogP contribution >= 0.6 is 0 Å². The second kappa shape index (κ2) is 8.06. The zero-order valence-electron chi connectivity index (χ0n) is 15.4. The van der Waals surface area contributed by atoms with Crippen molar-refractivity contribution in [2.24, 2.45) is 0 Å². The maximum atomic E-state index is 12.8. The number of piperidine rings is 1. The largest absolute Gasteiger partial charge is 0.488 e. The molecule has 1 aromatic carbocycles. The number of ether oxygens (including phenoxy) is 1. The lowest BCUT2D eigenvalue weighted by molar-refractivity contribution is 0.0537. The number of carbonyl (C=O) groups excluding carboxylic acids is 1. The third kappa shape index (κ3) is 4.45. The van der Waals surface area contributed by atoms with Crippen LogP contribution in [0.5, 0.6) is 5.75 Å². The van der Waals surface area contributed by atoms with Gasteiger partial charge in [0.25, 0.3) is 5.91 Å². The number of benzene rings is 1. The number of hydrogen-bond acceptors (Lipinski definition) is 5. The molecule has 8 heteroatoms. The second-order valence-corrected chi connectivity index (χ2v) is 8.78. The van der Waals surface area contributed by atoms with E-state index in [9.17, 15) is 13.2 Å². The summed E-state index contributed by atoms with van der Waals surface area (Å²) < 4.78 is 31.4. The van der Waals surface area contributed by atoms with Crippen molar-refractivity contribution in [3.05, 3.63) is 54.4 Å². The Hall–Kier alpha value is -2.45. The van der Waals surface area contributed by atoms with Crippen molar-refractivity contribution in [3.63, 3.8) is 0 Å². The molecular formula is C19H23N3O4S. The van der Waals surface area contributed by atoms with Gasteiger partial charge in [-0.2, -0.15) is 0 Å². The molecule has 2 aromatic rings. The normalized spacial score (nSPS) is 17.7. The molecule has 144 valence electrons. The summed E-state index contributed by atoms with van der Waals surface area (Å²) in [5, 5.41) is 0. The number of aromatic nitrogens is 1. The lowest BCUT2D eigenvalue weighted by atomic mass is 10.1. The van der Waals surface area contributed by atoms with Gasteiger partial charge in [-0.25, -0.2) is 12.7 Å². The molecule has 1 unspecified atom stereocenters.